The van der Waals surface area contributed by atoms with Crippen LogP contribution in [0.15, 0.2) is 59.8 Å². The van der Waals surface area contributed by atoms with E-state index in [1.165, 1.54) is 0 Å². The van der Waals surface area contributed by atoms with Gasteiger partial charge in [0.25, 0.3) is 0 Å². The van der Waals surface area contributed by atoms with Crippen molar-refractivity contribution in [3.05, 3.63) is 60.4 Å². The number of carbonyl (C=O) groups is 1. The molecule has 0 fully saturated rings. The van der Waals surface area contributed by atoms with Gasteiger partial charge >= 0.3 is 0 Å². The molecule has 2 heterocycles. The molecule has 1 aromatic heterocycles. The number of carboxylic acids is 1. The number of ether oxygens (including phenoxy) is 2. The molecule has 1 unspecified atom stereocenters. The van der Waals surface area contributed by atoms with E-state index in [2.05, 4.69) is 10.2 Å². The average molecular weight is 368 g/mol. The Labute approximate surface area is 153 Å². The zero-order valence-corrected chi connectivity index (χ0v) is 14.4. The van der Waals surface area contributed by atoms with Crippen molar-refractivity contribution < 1.29 is 19.4 Å². The second-order valence-corrected chi connectivity index (χ2v) is 6.48. The van der Waals surface area contributed by atoms with E-state index < -0.39 is 12.1 Å². The van der Waals surface area contributed by atoms with Crippen LogP contribution >= 0.6 is 11.8 Å². The maximum Gasteiger partial charge on any atom is 0.196 e. The van der Waals surface area contributed by atoms with E-state index in [1.54, 1.807) is 4.57 Å². The number of carbonyl (C=O) groups excluding carboxylic acids is 1. The number of para-hydroxylation sites is 3. The van der Waals surface area contributed by atoms with E-state index in [1.807, 2.05) is 54.6 Å². The molecule has 8 heteroatoms. The van der Waals surface area contributed by atoms with Gasteiger partial charge in [-0.3, -0.25) is 4.57 Å². The lowest BCUT2D eigenvalue weighted by atomic mass is 10.2. The third-order valence-corrected chi connectivity index (χ3v) is 4.69. The maximum absolute atomic E-state index is 10.8. The number of hydrogen-bond acceptors (Lipinski definition) is 7. The predicted octanol–water partition coefficient (Wildman–Crippen LogP) is 1.62. The minimum absolute atomic E-state index is 0.212. The van der Waals surface area contributed by atoms with Gasteiger partial charge in [-0.1, -0.05) is 42.1 Å². The van der Waals surface area contributed by atoms with Gasteiger partial charge in [0.1, 0.15) is 6.61 Å². The van der Waals surface area contributed by atoms with Crippen LogP contribution in [0, 0.1) is 0 Å². The highest BCUT2D eigenvalue weighted by Gasteiger charge is 2.29. The lowest BCUT2D eigenvalue weighted by molar-refractivity contribution is -0.301. The fourth-order valence-corrected chi connectivity index (χ4v) is 3.35. The molecule has 0 amide bonds. The molecule has 1 aliphatic rings. The van der Waals surface area contributed by atoms with Crippen LogP contribution < -0.4 is 14.6 Å². The Morgan fingerprint density at radius 3 is 2.62 bits per heavy atom. The molecule has 3 aromatic rings. The number of carboxylic acid groups (broad SMARTS) is 1. The number of aromatic nitrogens is 3. The van der Waals surface area contributed by atoms with Crippen LogP contribution in [-0.2, 0) is 4.79 Å². The number of aliphatic carboxylic acids is 1. The number of rotatable bonds is 5. The summed E-state index contributed by atoms with van der Waals surface area (Å²) in [6, 6.07) is 16.9. The van der Waals surface area contributed by atoms with Crippen molar-refractivity contribution in [2.24, 2.45) is 0 Å². The lowest BCUT2D eigenvalue weighted by Gasteiger charge is -2.26. The largest absolute Gasteiger partial charge is 0.549 e. The van der Waals surface area contributed by atoms with E-state index in [4.69, 9.17) is 9.47 Å². The number of thioether (sulfide) groups is 1. The Morgan fingerprint density at radius 2 is 1.85 bits per heavy atom. The van der Waals surface area contributed by atoms with Crippen LogP contribution in [0.5, 0.6) is 11.5 Å². The predicted molar refractivity (Wildman–Crippen MR) is 92.4 cm³/mol. The molecule has 0 bridgehead atoms. The van der Waals surface area contributed by atoms with Crippen LogP contribution in [0.3, 0.4) is 0 Å². The molecule has 1 aliphatic heterocycles. The van der Waals surface area contributed by atoms with E-state index in [9.17, 15) is 9.90 Å². The third-order valence-electron chi connectivity index (χ3n) is 3.79. The first-order valence-corrected chi connectivity index (χ1v) is 8.93. The molecule has 0 N–H and O–H groups in total. The Hall–Kier alpha value is -3.00. The summed E-state index contributed by atoms with van der Waals surface area (Å²) in [6.45, 7) is 0.285. The minimum atomic E-state index is -1.16. The number of benzene rings is 2. The van der Waals surface area contributed by atoms with Crippen molar-refractivity contribution >= 4 is 17.7 Å². The smallest absolute Gasteiger partial charge is 0.196 e. The first kappa shape index (κ1) is 16.5. The van der Waals surface area contributed by atoms with Gasteiger partial charge in [0.15, 0.2) is 28.6 Å². The molecule has 7 nitrogen and oxygen atoms in total. The number of fused-ring (bicyclic) bond motifs is 1. The third kappa shape index (κ3) is 3.23. The van der Waals surface area contributed by atoms with Gasteiger partial charge in [0.05, 0.1) is 5.97 Å². The molecule has 1 atom stereocenters. The van der Waals surface area contributed by atoms with Gasteiger partial charge in [0, 0.05) is 11.4 Å². The summed E-state index contributed by atoms with van der Waals surface area (Å²) in [6.07, 6.45) is -0.463. The van der Waals surface area contributed by atoms with E-state index >= 15 is 0 Å². The molecule has 0 spiro atoms. The van der Waals surface area contributed by atoms with Gasteiger partial charge in [-0.05, 0) is 24.3 Å². The van der Waals surface area contributed by atoms with Crippen molar-refractivity contribution in [2.75, 3.05) is 12.4 Å². The van der Waals surface area contributed by atoms with Gasteiger partial charge in [-0.15, -0.1) is 10.2 Å². The zero-order valence-electron chi connectivity index (χ0n) is 13.6. The topological polar surface area (TPSA) is 89.3 Å². The first-order chi connectivity index (χ1) is 12.7. The molecule has 0 saturated carbocycles. The van der Waals surface area contributed by atoms with E-state index in [0.717, 1.165) is 17.4 Å². The molecule has 4 rings (SSSR count). The van der Waals surface area contributed by atoms with Gasteiger partial charge < -0.3 is 19.4 Å². The second kappa shape index (κ2) is 7.09. The highest BCUT2D eigenvalue weighted by atomic mass is 32.2. The summed E-state index contributed by atoms with van der Waals surface area (Å²) >= 11 is 1.05. The Balaban J connectivity index is 1.71. The SMILES string of the molecule is O=C([O-])CSc1nnc(C2COc3ccccc3O2)n1-c1ccccc1. The standard InChI is InChI=1S/C18H15N3O4S/c22-16(23)11-26-18-20-19-17(21(18)12-6-2-1-3-7-12)15-10-24-13-8-4-5-9-14(13)25-15/h1-9,15H,10-11H2,(H,22,23)/p-1. The summed E-state index contributed by atoms with van der Waals surface area (Å²) in [5.74, 6) is 0.490. The van der Waals surface area contributed by atoms with Gasteiger partial charge in [-0.25, -0.2) is 0 Å². The minimum Gasteiger partial charge on any atom is -0.549 e. The normalized spacial score (nSPS) is 15.6. The van der Waals surface area contributed by atoms with E-state index in [-0.39, 0.29) is 12.4 Å². The second-order valence-electron chi connectivity index (χ2n) is 5.54. The summed E-state index contributed by atoms with van der Waals surface area (Å²) in [4.78, 5) is 10.8. The Kier molecular flexibility index (Phi) is 4.49. The van der Waals surface area contributed by atoms with Gasteiger partial charge in [0.2, 0.25) is 0 Å². The van der Waals surface area contributed by atoms with Crippen LogP contribution in [-0.4, -0.2) is 33.1 Å². The molecular weight excluding hydrogens is 354 g/mol. The van der Waals surface area contributed by atoms with Crippen molar-refractivity contribution in [2.45, 2.75) is 11.3 Å². The summed E-state index contributed by atoms with van der Waals surface area (Å²) in [5, 5.41) is 19.7. The first-order valence-electron chi connectivity index (χ1n) is 7.94. The maximum atomic E-state index is 10.8. The Morgan fingerprint density at radius 1 is 1.12 bits per heavy atom. The molecule has 0 saturated heterocycles. The summed E-state index contributed by atoms with van der Waals surface area (Å²) < 4.78 is 13.6. The molecule has 26 heavy (non-hydrogen) atoms. The molecule has 0 radical (unpaired) electrons. The van der Waals surface area contributed by atoms with Crippen molar-refractivity contribution in [1.29, 1.82) is 0 Å². The highest BCUT2D eigenvalue weighted by molar-refractivity contribution is 7.99. The molecule has 0 aliphatic carbocycles. The quantitative estimate of drug-likeness (QED) is 0.632. The lowest BCUT2D eigenvalue weighted by Crippen LogP contribution is -2.25. The van der Waals surface area contributed by atoms with Crippen molar-refractivity contribution in [3.63, 3.8) is 0 Å². The highest BCUT2D eigenvalue weighted by Crippen LogP contribution is 2.36. The zero-order chi connectivity index (χ0) is 17.9. The van der Waals surface area contributed by atoms with Crippen LogP contribution in [0.1, 0.15) is 11.9 Å². The van der Waals surface area contributed by atoms with Crippen LogP contribution in [0.2, 0.25) is 0 Å². The molecule has 132 valence electrons. The van der Waals surface area contributed by atoms with Crippen LogP contribution in [0.4, 0.5) is 0 Å². The van der Waals surface area contributed by atoms with Crippen molar-refractivity contribution in [1.82, 2.24) is 14.8 Å². The number of hydrogen-bond donors (Lipinski definition) is 0. The molecule has 2 aromatic carbocycles. The van der Waals surface area contributed by atoms with Crippen molar-refractivity contribution in [3.8, 4) is 17.2 Å². The summed E-state index contributed by atoms with van der Waals surface area (Å²) in [7, 11) is 0. The summed E-state index contributed by atoms with van der Waals surface area (Å²) in [5.41, 5.74) is 0.816. The monoisotopic (exact) mass is 368 g/mol. The van der Waals surface area contributed by atoms with Gasteiger partial charge in [-0.2, -0.15) is 0 Å². The fourth-order valence-electron chi connectivity index (χ4n) is 2.67. The van der Waals surface area contributed by atoms with E-state index in [0.29, 0.717) is 22.5 Å². The fraction of sp³-hybridized carbons (Fsp3) is 0.167. The number of nitrogens with zero attached hydrogens (tertiary/aromatic N) is 3. The van der Waals surface area contributed by atoms with Crippen LogP contribution in [0.25, 0.3) is 5.69 Å². The molecular formula is C18H14N3O4S-. The Bertz CT molecular complexity index is 929. The average Bonchev–Trinajstić information content (AvgIpc) is 3.10.